The monoisotopic (exact) mass is 214 g/mol. The molecule has 1 heterocycles. The van der Waals surface area contributed by atoms with Crippen molar-refractivity contribution in [2.24, 2.45) is 11.8 Å². The second-order valence-electron chi connectivity index (χ2n) is 4.66. The molecule has 1 rings (SSSR count). The van der Waals surface area contributed by atoms with Gasteiger partial charge in [-0.05, 0) is 31.3 Å². The van der Waals surface area contributed by atoms with Crippen LogP contribution in [0.5, 0.6) is 0 Å². The van der Waals surface area contributed by atoms with Crippen molar-refractivity contribution >= 4 is 5.91 Å². The molecule has 0 radical (unpaired) electrons. The zero-order valence-electron chi connectivity index (χ0n) is 9.62. The molecule has 0 aromatic carbocycles. The Hall–Kier alpha value is -0.610. The summed E-state index contributed by atoms with van der Waals surface area (Å²) in [6.07, 6.45) is 1.66. The van der Waals surface area contributed by atoms with Gasteiger partial charge in [-0.25, -0.2) is 0 Å². The van der Waals surface area contributed by atoms with E-state index >= 15 is 0 Å². The second kappa shape index (κ2) is 6.08. The molecule has 15 heavy (non-hydrogen) atoms. The molecule has 0 aromatic rings. The minimum Gasteiger partial charge on any atom is -0.394 e. The standard InChI is InChI=1S/C11H22N2O2/c1-8(2)10(7-14)13-11(15)5-9-3-4-12-6-9/h8-10,12,14H,3-7H2,1-2H3,(H,13,15)/t9?,10-/m1/s1. The molecule has 1 fully saturated rings. The van der Waals surface area contributed by atoms with Crippen molar-refractivity contribution in [3.8, 4) is 0 Å². The molecule has 1 saturated heterocycles. The molecule has 1 unspecified atom stereocenters. The van der Waals surface area contributed by atoms with E-state index in [9.17, 15) is 4.79 Å². The number of hydrogen-bond acceptors (Lipinski definition) is 3. The summed E-state index contributed by atoms with van der Waals surface area (Å²) >= 11 is 0. The van der Waals surface area contributed by atoms with Crippen LogP contribution in [0.1, 0.15) is 26.7 Å². The molecule has 1 aliphatic rings. The SMILES string of the molecule is CC(C)[C@@H](CO)NC(=O)CC1CCNC1. The van der Waals surface area contributed by atoms with E-state index in [0.29, 0.717) is 12.3 Å². The van der Waals surface area contributed by atoms with Crippen LogP contribution in [0.15, 0.2) is 0 Å². The van der Waals surface area contributed by atoms with Crippen LogP contribution in [-0.4, -0.2) is 36.8 Å². The van der Waals surface area contributed by atoms with Crippen molar-refractivity contribution in [3.05, 3.63) is 0 Å². The van der Waals surface area contributed by atoms with Crippen molar-refractivity contribution in [3.63, 3.8) is 0 Å². The first-order chi connectivity index (χ1) is 7.13. The molecule has 88 valence electrons. The second-order valence-corrected chi connectivity index (χ2v) is 4.66. The summed E-state index contributed by atoms with van der Waals surface area (Å²) in [5, 5.41) is 15.2. The smallest absolute Gasteiger partial charge is 0.220 e. The number of nitrogens with one attached hydrogen (secondary N) is 2. The molecule has 2 atom stereocenters. The zero-order chi connectivity index (χ0) is 11.3. The zero-order valence-corrected chi connectivity index (χ0v) is 9.62. The summed E-state index contributed by atoms with van der Waals surface area (Å²) in [5.41, 5.74) is 0. The van der Waals surface area contributed by atoms with Crippen LogP contribution in [0.3, 0.4) is 0 Å². The van der Waals surface area contributed by atoms with Gasteiger partial charge in [0.25, 0.3) is 0 Å². The largest absolute Gasteiger partial charge is 0.394 e. The Kier molecular flexibility index (Phi) is 5.05. The highest BCUT2D eigenvalue weighted by molar-refractivity contribution is 5.76. The fourth-order valence-corrected chi connectivity index (χ4v) is 1.84. The Labute approximate surface area is 91.4 Å². The van der Waals surface area contributed by atoms with E-state index in [0.717, 1.165) is 19.5 Å². The molecule has 1 amide bonds. The van der Waals surface area contributed by atoms with Gasteiger partial charge in [-0.2, -0.15) is 0 Å². The Morgan fingerprint density at radius 2 is 2.33 bits per heavy atom. The Bertz CT molecular complexity index is 201. The first-order valence-corrected chi connectivity index (χ1v) is 5.74. The van der Waals surface area contributed by atoms with Gasteiger partial charge in [-0.15, -0.1) is 0 Å². The first-order valence-electron chi connectivity index (χ1n) is 5.74. The van der Waals surface area contributed by atoms with E-state index in [1.54, 1.807) is 0 Å². The lowest BCUT2D eigenvalue weighted by atomic mass is 10.0. The van der Waals surface area contributed by atoms with E-state index in [1.807, 2.05) is 13.8 Å². The number of aliphatic hydroxyl groups excluding tert-OH is 1. The summed E-state index contributed by atoms with van der Waals surface area (Å²) in [7, 11) is 0. The van der Waals surface area contributed by atoms with Gasteiger partial charge in [0.05, 0.1) is 12.6 Å². The van der Waals surface area contributed by atoms with Crippen LogP contribution in [0, 0.1) is 11.8 Å². The normalized spacial score (nSPS) is 23.1. The number of rotatable bonds is 5. The van der Waals surface area contributed by atoms with Crippen LogP contribution in [0.25, 0.3) is 0 Å². The quantitative estimate of drug-likeness (QED) is 0.609. The maximum Gasteiger partial charge on any atom is 0.220 e. The molecular weight excluding hydrogens is 192 g/mol. The lowest BCUT2D eigenvalue weighted by molar-refractivity contribution is -0.123. The molecule has 4 heteroatoms. The van der Waals surface area contributed by atoms with Crippen LogP contribution in [0.2, 0.25) is 0 Å². The third kappa shape index (κ3) is 4.18. The predicted molar refractivity (Wildman–Crippen MR) is 59.4 cm³/mol. The van der Waals surface area contributed by atoms with Gasteiger partial charge in [0, 0.05) is 6.42 Å². The van der Waals surface area contributed by atoms with Crippen molar-refractivity contribution in [2.45, 2.75) is 32.7 Å². The molecule has 1 aliphatic heterocycles. The third-order valence-corrected chi connectivity index (χ3v) is 2.98. The number of carbonyl (C=O) groups excluding carboxylic acids is 1. The molecule has 0 aromatic heterocycles. The van der Waals surface area contributed by atoms with Crippen molar-refractivity contribution < 1.29 is 9.90 Å². The molecule has 0 bridgehead atoms. The highest BCUT2D eigenvalue weighted by atomic mass is 16.3. The van der Waals surface area contributed by atoms with Crippen LogP contribution >= 0.6 is 0 Å². The van der Waals surface area contributed by atoms with E-state index in [-0.39, 0.29) is 24.5 Å². The summed E-state index contributed by atoms with van der Waals surface area (Å²) < 4.78 is 0. The Balaban J connectivity index is 2.27. The van der Waals surface area contributed by atoms with E-state index in [1.165, 1.54) is 0 Å². The van der Waals surface area contributed by atoms with Gasteiger partial charge < -0.3 is 15.7 Å². The molecule has 0 spiro atoms. The summed E-state index contributed by atoms with van der Waals surface area (Å²) in [6.45, 7) is 5.98. The van der Waals surface area contributed by atoms with Crippen molar-refractivity contribution in [1.82, 2.24) is 10.6 Å². The predicted octanol–water partition coefficient (Wildman–Crippen LogP) is 0.119. The summed E-state index contributed by atoms with van der Waals surface area (Å²) in [6, 6.07) is -0.105. The lowest BCUT2D eigenvalue weighted by Gasteiger charge is -2.20. The van der Waals surface area contributed by atoms with Crippen LogP contribution in [-0.2, 0) is 4.79 Å². The third-order valence-electron chi connectivity index (χ3n) is 2.98. The molecule has 4 nitrogen and oxygen atoms in total. The maximum absolute atomic E-state index is 11.6. The molecule has 0 saturated carbocycles. The van der Waals surface area contributed by atoms with Crippen LogP contribution < -0.4 is 10.6 Å². The summed E-state index contributed by atoms with van der Waals surface area (Å²) in [5.74, 6) is 0.814. The van der Waals surface area contributed by atoms with E-state index < -0.39 is 0 Å². The van der Waals surface area contributed by atoms with Crippen molar-refractivity contribution in [1.29, 1.82) is 0 Å². The van der Waals surface area contributed by atoms with Gasteiger partial charge in [0.1, 0.15) is 0 Å². The summed E-state index contributed by atoms with van der Waals surface area (Å²) in [4.78, 5) is 11.6. The van der Waals surface area contributed by atoms with Crippen LogP contribution in [0.4, 0.5) is 0 Å². The van der Waals surface area contributed by atoms with Gasteiger partial charge in [-0.1, -0.05) is 13.8 Å². The molecule has 0 aliphatic carbocycles. The number of aliphatic hydroxyl groups is 1. The van der Waals surface area contributed by atoms with Gasteiger partial charge in [0.2, 0.25) is 5.91 Å². The average Bonchev–Trinajstić information content (AvgIpc) is 2.66. The maximum atomic E-state index is 11.6. The van der Waals surface area contributed by atoms with Gasteiger partial charge >= 0.3 is 0 Å². The van der Waals surface area contributed by atoms with Crippen molar-refractivity contribution in [2.75, 3.05) is 19.7 Å². The number of amides is 1. The highest BCUT2D eigenvalue weighted by Crippen LogP contribution is 2.12. The molecule has 3 N–H and O–H groups in total. The fraction of sp³-hybridized carbons (Fsp3) is 0.909. The minimum absolute atomic E-state index is 0.0202. The Morgan fingerprint density at radius 3 is 2.80 bits per heavy atom. The number of carbonyl (C=O) groups is 1. The fourth-order valence-electron chi connectivity index (χ4n) is 1.84. The van der Waals surface area contributed by atoms with E-state index in [4.69, 9.17) is 5.11 Å². The van der Waals surface area contributed by atoms with E-state index in [2.05, 4.69) is 10.6 Å². The molecular formula is C11H22N2O2. The highest BCUT2D eigenvalue weighted by Gasteiger charge is 2.20. The minimum atomic E-state index is -0.105. The topological polar surface area (TPSA) is 61.4 Å². The number of hydrogen-bond donors (Lipinski definition) is 3. The Morgan fingerprint density at radius 1 is 1.60 bits per heavy atom. The first kappa shape index (κ1) is 12.5. The lowest BCUT2D eigenvalue weighted by Crippen LogP contribution is -2.41. The average molecular weight is 214 g/mol. The van der Waals surface area contributed by atoms with Gasteiger partial charge in [0.15, 0.2) is 0 Å². The van der Waals surface area contributed by atoms with Gasteiger partial charge in [-0.3, -0.25) is 4.79 Å².